The van der Waals surface area contributed by atoms with Crippen LogP contribution in [0.25, 0.3) is 0 Å². The van der Waals surface area contributed by atoms with E-state index in [1.807, 2.05) is 24.3 Å². The number of para-hydroxylation sites is 2. The zero-order valence-corrected chi connectivity index (χ0v) is 20.4. The molecule has 0 spiro atoms. The molecule has 1 saturated heterocycles. The summed E-state index contributed by atoms with van der Waals surface area (Å²) in [5.74, 6) is 1.77. The highest BCUT2D eigenvalue weighted by atomic mass is 127. The molecule has 0 aliphatic carbocycles. The van der Waals surface area contributed by atoms with Crippen LogP contribution in [0, 0.1) is 0 Å². The number of nitrogens with one attached hydrogen (secondary N) is 2. The lowest BCUT2D eigenvalue weighted by atomic mass is 10.1. The number of anilines is 1. The van der Waals surface area contributed by atoms with Crippen molar-refractivity contribution in [3.8, 4) is 5.75 Å². The molecule has 6 nitrogen and oxygen atoms in total. The lowest BCUT2D eigenvalue weighted by Crippen LogP contribution is -2.44. The zero-order chi connectivity index (χ0) is 20.5. The third-order valence-corrected chi connectivity index (χ3v) is 5.12. The van der Waals surface area contributed by atoms with E-state index in [0.717, 1.165) is 43.5 Å². The Balaban J connectivity index is 0.00000320. The molecule has 0 radical (unpaired) electrons. The number of guanidine groups is 1. The molecule has 30 heavy (non-hydrogen) atoms. The monoisotopic (exact) mass is 524 g/mol. The van der Waals surface area contributed by atoms with Gasteiger partial charge < -0.3 is 25.0 Å². The van der Waals surface area contributed by atoms with Gasteiger partial charge in [-0.15, -0.1) is 24.0 Å². The number of nitrogens with zero attached hydrogens (tertiary/aromatic N) is 2. The van der Waals surface area contributed by atoms with Crippen LogP contribution in [0.5, 0.6) is 5.75 Å². The van der Waals surface area contributed by atoms with E-state index in [-0.39, 0.29) is 24.0 Å². The van der Waals surface area contributed by atoms with Gasteiger partial charge in [0, 0.05) is 32.8 Å². The first-order valence-corrected chi connectivity index (χ1v) is 10.2. The van der Waals surface area contributed by atoms with Crippen molar-refractivity contribution in [2.45, 2.75) is 32.5 Å². The summed E-state index contributed by atoms with van der Waals surface area (Å²) >= 11 is 0. The first-order chi connectivity index (χ1) is 14.2. The van der Waals surface area contributed by atoms with Gasteiger partial charge in [-0.1, -0.05) is 36.4 Å². The normalized spacial score (nSPS) is 16.2. The Labute approximate surface area is 197 Å². The van der Waals surface area contributed by atoms with E-state index in [2.05, 4.69) is 46.7 Å². The molecule has 2 N–H and O–H groups in total. The predicted octanol–water partition coefficient (Wildman–Crippen LogP) is 3.79. The summed E-state index contributed by atoms with van der Waals surface area (Å²) in [7, 11) is 3.45. The Morgan fingerprint density at radius 1 is 1.10 bits per heavy atom. The predicted molar refractivity (Wildman–Crippen MR) is 134 cm³/mol. The molecule has 1 aliphatic heterocycles. The van der Waals surface area contributed by atoms with E-state index < -0.39 is 0 Å². The fraction of sp³-hybridized carbons (Fsp3) is 0.435. The topological polar surface area (TPSA) is 58.1 Å². The van der Waals surface area contributed by atoms with E-state index in [9.17, 15) is 0 Å². The molecule has 0 bridgehead atoms. The van der Waals surface area contributed by atoms with E-state index in [1.165, 1.54) is 11.1 Å². The summed E-state index contributed by atoms with van der Waals surface area (Å²) < 4.78 is 10.8. The summed E-state index contributed by atoms with van der Waals surface area (Å²) in [5, 5.41) is 6.97. The summed E-state index contributed by atoms with van der Waals surface area (Å²) in [6.07, 6.45) is 1.06. The maximum absolute atomic E-state index is 5.52. The van der Waals surface area contributed by atoms with Crippen molar-refractivity contribution < 1.29 is 9.47 Å². The van der Waals surface area contributed by atoms with E-state index in [0.29, 0.717) is 19.2 Å². The van der Waals surface area contributed by atoms with Crippen molar-refractivity contribution >= 4 is 35.6 Å². The third kappa shape index (κ3) is 6.50. The van der Waals surface area contributed by atoms with Gasteiger partial charge in [-0.2, -0.15) is 0 Å². The molecule has 2 aromatic carbocycles. The second-order valence-corrected chi connectivity index (χ2v) is 7.14. The lowest BCUT2D eigenvalue weighted by Gasteiger charge is -2.22. The Hall–Kier alpha value is -2.00. The van der Waals surface area contributed by atoms with E-state index >= 15 is 0 Å². The molecular formula is C23H33IN4O2. The van der Waals surface area contributed by atoms with Crippen molar-refractivity contribution in [1.82, 2.24) is 10.6 Å². The van der Waals surface area contributed by atoms with Gasteiger partial charge in [0.1, 0.15) is 5.75 Å². The van der Waals surface area contributed by atoms with Gasteiger partial charge in [-0.05, 0) is 36.6 Å². The highest BCUT2D eigenvalue weighted by Crippen LogP contribution is 2.30. The average Bonchev–Trinajstić information content (AvgIpc) is 3.21. The van der Waals surface area contributed by atoms with Crippen LogP contribution in [-0.4, -0.2) is 45.9 Å². The van der Waals surface area contributed by atoms with Crippen LogP contribution < -0.4 is 20.3 Å². The van der Waals surface area contributed by atoms with Crippen LogP contribution >= 0.6 is 24.0 Å². The first kappa shape index (κ1) is 24.3. The molecule has 1 fully saturated rings. The second-order valence-electron chi connectivity index (χ2n) is 7.14. The molecule has 0 amide bonds. The van der Waals surface area contributed by atoms with Gasteiger partial charge in [0.25, 0.3) is 0 Å². The maximum Gasteiger partial charge on any atom is 0.191 e. The van der Waals surface area contributed by atoms with Crippen molar-refractivity contribution in [2.75, 3.05) is 38.8 Å². The van der Waals surface area contributed by atoms with Crippen LogP contribution in [0.15, 0.2) is 53.5 Å². The molecular weight excluding hydrogens is 491 g/mol. The Kier molecular flexibility index (Phi) is 10.2. The fourth-order valence-corrected chi connectivity index (χ4v) is 3.67. The molecule has 1 atom stereocenters. The minimum absolute atomic E-state index is 0. The van der Waals surface area contributed by atoms with Crippen LogP contribution in [0.2, 0.25) is 0 Å². The molecule has 7 heteroatoms. The van der Waals surface area contributed by atoms with Crippen LogP contribution in [0.4, 0.5) is 5.69 Å². The quantitative estimate of drug-likeness (QED) is 0.313. The number of benzene rings is 2. The Morgan fingerprint density at radius 3 is 2.57 bits per heavy atom. The van der Waals surface area contributed by atoms with E-state index in [1.54, 1.807) is 14.2 Å². The van der Waals surface area contributed by atoms with Crippen molar-refractivity contribution in [1.29, 1.82) is 0 Å². The largest absolute Gasteiger partial charge is 0.495 e. The highest BCUT2D eigenvalue weighted by Gasteiger charge is 2.25. The smallest absolute Gasteiger partial charge is 0.191 e. The van der Waals surface area contributed by atoms with Gasteiger partial charge in [0.15, 0.2) is 5.96 Å². The molecule has 1 heterocycles. The van der Waals surface area contributed by atoms with Crippen molar-refractivity contribution in [3.63, 3.8) is 0 Å². The maximum atomic E-state index is 5.52. The Morgan fingerprint density at radius 2 is 1.83 bits per heavy atom. The molecule has 0 aromatic heterocycles. The number of halogens is 1. The number of ether oxygens (including phenoxy) is 2. The lowest BCUT2D eigenvalue weighted by molar-refractivity contribution is 0.184. The van der Waals surface area contributed by atoms with Gasteiger partial charge in [0.2, 0.25) is 0 Å². The van der Waals surface area contributed by atoms with Gasteiger partial charge >= 0.3 is 0 Å². The summed E-state index contributed by atoms with van der Waals surface area (Å²) in [5.41, 5.74) is 3.51. The standard InChI is InChI=1S/C23H32N4O2.HI/c1-4-24-23(25-15-18-9-5-6-10-19(18)17-28-2)26-20-13-14-27(16-20)21-11-7-8-12-22(21)29-3;/h5-12,20H,4,13-17H2,1-3H3,(H2,24,25,26);1H. The first-order valence-electron chi connectivity index (χ1n) is 10.2. The zero-order valence-electron chi connectivity index (χ0n) is 18.1. The molecule has 2 aromatic rings. The average molecular weight is 524 g/mol. The third-order valence-electron chi connectivity index (χ3n) is 5.12. The number of hydrogen-bond donors (Lipinski definition) is 2. The SMILES string of the molecule is CCNC(=NCc1ccccc1COC)NC1CCN(c2ccccc2OC)C1.I. The molecule has 3 rings (SSSR count). The summed E-state index contributed by atoms with van der Waals surface area (Å²) in [6.45, 7) is 6.06. The number of methoxy groups -OCH3 is 2. The Bertz CT molecular complexity index is 815. The van der Waals surface area contributed by atoms with Crippen molar-refractivity contribution in [3.05, 3.63) is 59.7 Å². The van der Waals surface area contributed by atoms with E-state index in [4.69, 9.17) is 14.5 Å². The molecule has 1 unspecified atom stereocenters. The van der Waals surface area contributed by atoms with Crippen molar-refractivity contribution in [2.24, 2.45) is 4.99 Å². The number of hydrogen-bond acceptors (Lipinski definition) is 4. The minimum Gasteiger partial charge on any atom is -0.495 e. The summed E-state index contributed by atoms with van der Waals surface area (Å²) in [4.78, 5) is 7.19. The molecule has 1 aliphatic rings. The second kappa shape index (κ2) is 12.6. The summed E-state index contributed by atoms with van der Waals surface area (Å²) in [6, 6.07) is 16.8. The van der Waals surface area contributed by atoms with Gasteiger partial charge in [-0.3, -0.25) is 0 Å². The number of aliphatic imine (C=N–C) groups is 1. The molecule has 0 saturated carbocycles. The fourth-order valence-electron chi connectivity index (χ4n) is 3.67. The number of rotatable bonds is 8. The molecule has 164 valence electrons. The highest BCUT2D eigenvalue weighted by molar-refractivity contribution is 14.0. The van der Waals surface area contributed by atoms with Crippen LogP contribution in [-0.2, 0) is 17.9 Å². The van der Waals surface area contributed by atoms with Crippen LogP contribution in [0.3, 0.4) is 0 Å². The van der Waals surface area contributed by atoms with Crippen LogP contribution in [0.1, 0.15) is 24.5 Å². The minimum atomic E-state index is 0. The van der Waals surface area contributed by atoms with Gasteiger partial charge in [0.05, 0.1) is 25.9 Å². The van der Waals surface area contributed by atoms with Gasteiger partial charge in [-0.25, -0.2) is 4.99 Å².